The molecular formula is C28H34N2O5S. The third-order valence-electron chi connectivity index (χ3n) is 5.81. The van der Waals surface area contributed by atoms with Crippen molar-refractivity contribution >= 4 is 16.1 Å². The van der Waals surface area contributed by atoms with Crippen LogP contribution in [-0.4, -0.2) is 49.2 Å². The summed E-state index contributed by atoms with van der Waals surface area (Å²) in [6.07, 6.45) is -0.0758. The second-order valence-electron chi connectivity index (χ2n) is 8.60. The maximum Gasteiger partial charge on any atom is 0.407 e. The highest BCUT2D eigenvalue weighted by Crippen LogP contribution is 2.18. The highest BCUT2D eigenvalue weighted by atomic mass is 32.2. The van der Waals surface area contributed by atoms with Gasteiger partial charge in [-0.1, -0.05) is 92.2 Å². The molecule has 8 heteroatoms. The van der Waals surface area contributed by atoms with E-state index in [1.807, 2.05) is 67.6 Å². The van der Waals surface area contributed by atoms with Gasteiger partial charge in [0.15, 0.2) is 0 Å². The van der Waals surface area contributed by atoms with Crippen molar-refractivity contribution in [1.82, 2.24) is 9.62 Å². The molecule has 0 aliphatic rings. The van der Waals surface area contributed by atoms with Crippen LogP contribution in [0.25, 0.3) is 0 Å². The first kappa shape index (κ1) is 27.4. The van der Waals surface area contributed by atoms with E-state index in [0.29, 0.717) is 12.8 Å². The summed E-state index contributed by atoms with van der Waals surface area (Å²) >= 11 is 0. The molecule has 0 unspecified atom stereocenters. The molecule has 0 aliphatic heterocycles. The fourth-order valence-corrected chi connectivity index (χ4v) is 5.31. The normalized spacial score (nSPS) is 13.2. The molecule has 2 N–H and O–H groups in total. The molecule has 0 aliphatic carbocycles. The van der Waals surface area contributed by atoms with E-state index in [1.54, 1.807) is 30.3 Å². The minimum absolute atomic E-state index is 0.0891. The van der Waals surface area contributed by atoms with Gasteiger partial charge >= 0.3 is 6.09 Å². The van der Waals surface area contributed by atoms with Crippen LogP contribution in [0.5, 0.6) is 0 Å². The van der Waals surface area contributed by atoms with Gasteiger partial charge in [-0.3, -0.25) is 0 Å². The number of aliphatic hydroxyl groups excluding tert-OH is 1. The molecule has 0 bridgehead atoms. The molecule has 2 atom stereocenters. The minimum Gasteiger partial charge on any atom is -0.445 e. The summed E-state index contributed by atoms with van der Waals surface area (Å²) in [5.74, 6) is 0. The standard InChI is InChI=1S/C28H34N2O5S/c1-2-3-19-30(36(33,34)25-17-11-6-12-18-25)21-27(31)26(20-23-13-7-4-8-14-23)29-28(32)35-22-24-15-9-5-10-16-24/h4-18,26-27,31H,2-3,19-22H2,1H3,(H,29,32)/t26-,27+/m0/s1. The van der Waals surface area contributed by atoms with Gasteiger partial charge in [-0.2, -0.15) is 4.31 Å². The lowest BCUT2D eigenvalue weighted by molar-refractivity contribution is 0.0887. The van der Waals surface area contributed by atoms with Crippen LogP contribution >= 0.6 is 0 Å². The van der Waals surface area contributed by atoms with E-state index >= 15 is 0 Å². The van der Waals surface area contributed by atoms with Gasteiger partial charge in [0.2, 0.25) is 10.0 Å². The Morgan fingerprint density at radius 1 is 0.917 bits per heavy atom. The molecule has 0 saturated carbocycles. The maximum atomic E-state index is 13.3. The predicted molar refractivity (Wildman–Crippen MR) is 140 cm³/mol. The maximum absolute atomic E-state index is 13.3. The van der Waals surface area contributed by atoms with Crippen molar-refractivity contribution in [3.63, 3.8) is 0 Å². The lowest BCUT2D eigenvalue weighted by Gasteiger charge is -2.29. The summed E-state index contributed by atoms with van der Waals surface area (Å²) in [7, 11) is -3.82. The number of nitrogens with one attached hydrogen (secondary N) is 1. The Bertz CT molecular complexity index is 1160. The third-order valence-corrected chi connectivity index (χ3v) is 7.69. The first-order valence-electron chi connectivity index (χ1n) is 12.1. The number of aliphatic hydroxyl groups is 1. The van der Waals surface area contributed by atoms with Gasteiger partial charge in [-0.25, -0.2) is 13.2 Å². The number of rotatable bonds is 13. The van der Waals surface area contributed by atoms with Gasteiger partial charge in [0.05, 0.1) is 17.0 Å². The molecule has 0 fully saturated rings. The van der Waals surface area contributed by atoms with Crippen LogP contribution in [0.1, 0.15) is 30.9 Å². The van der Waals surface area contributed by atoms with Gasteiger partial charge in [-0.05, 0) is 36.1 Å². The molecule has 0 aromatic heterocycles. The molecule has 0 heterocycles. The second kappa shape index (κ2) is 13.8. The lowest BCUT2D eigenvalue weighted by Crippen LogP contribution is -2.50. The van der Waals surface area contributed by atoms with E-state index in [4.69, 9.17) is 4.74 Å². The van der Waals surface area contributed by atoms with Crippen molar-refractivity contribution in [3.8, 4) is 0 Å². The van der Waals surface area contributed by atoms with Crippen molar-refractivity contribution in [1.29, 1.82) is 0 Å². The fraction of sp³-hybridized carbons (Fsp3) is 0.321. The second-order valence-corrected chi connectivity index (χ2v) is 10.5. The van der Waals surface area contributed by atoms with Crippen LogP contribution in [0.3, 0.4) is 0 Å². The van der Waals surface area contributed by atoms with E-state index in [-0.39, 0.29) is 24.6 Å². The molecular weight excluding hydrogens is 476 g/mol. The topological polar surface area (TPSA) is 95.9 Å². The number of amides is 1. The highest BCUT2D eigenvalue weighted by molar-refractivity contribution is 7.89. The number of sulfonamides is 1. The Hall–Kier alpha value is -3.20. The molecule has 192 valence electrons. The zero-order valence-electron chi connectivity index (χ0n) is 20.5. The zero-order chi connectivity index (χ0) is 25.8. The molecule has 3 aromatic carbocycles. The molecule has 0 radical (unpaired) electrons. The third kappa shape index (κ3) is 8.19. The SMILES string of the molecule is CCCCN(C[C@@H](O)[C@H](Cc1ccccc1)NC(=O)OCc1ccccc1)S(=O)(=O)c1ccccc1. The Balaban J connectivity index is 1.76. The quantitative estimate of drug-likeness (QED) is 0.356. The van der Waals surface area contributed by atoms with E-state index in [1.165, 1.54) is 4.31 Å². The van der Waals surface area contributed by atoms with Crippen LogP contribution in [0.2, 0.25) is 0 Å². The summed E-state index contributed by atoms with van der Waals surface area (Å²) in [6, 6.07) is 26.1. The Morgan fingerprint density at radius 3 is 2.06 bits per heavy atom. The Morgan fingerprint density at radius 2 is 1.47 bits per heavy atom. The summed E-state index contributed by atoms with van der Waals surface area (Å²) in [4.78, 5) is 12.8. The van der Waals surface area contributed by atoms with E-state index in [9.17, 15) is 18.3 Å². The number of benzene rings is 3. The van der Waals surface area contributed by atoms with Gasteiger partial charge in [0, 0.05) is 13.1 Å². The summed E-state index contributed by atoms with van der Waals surface area (Å²) in [6.45, 7) is 2.17. The van der Waals surface area contributed by atoms with Gasteiger partial charge in [-0.15, -0.1) is 0 Å². The van der Waals surface area contributed by atoms with Crippen molar-refractivity contribution in [3.05, 3.63) is 102 Å². The highest BCUT2D eigenvalue weighted by Gasteiger charge is 2.30. The Kier molecular flexibility index (Phi) is 10.5. The number of carbonyl (C=O) groups is 1. The monoisotopic (exact) mass is 510 g/mol. The number of carbonyl (C=O) groups excluding carboxylic acids is 1. The summed E-state index contributed by atoms with van der Waals surface area (Å²) in [5.41, 5.74) is 1.74. The number of hydrogen-bond donors (Lipinski definition) is 2. The number of alkyl carbamates (subject to hydrolysis) is 1. The van der Waals surface area contributed by atoms with Crippen LogP contribution in [-0.2, 0) is 27.8 Å². The molecule has 3 aromatic rings. The van der Waals surface area contributed by atoms with Crippen molar-refractivity contribution in [2.75, 3.05) is 13.1 Å². The van der Waals surface area contributed by atoms with Gasteiger partial charge < -0.3 is 15.2 Å². The first-order valence-corrected chi connectivity index (χ1v) is 13.6. The fourth-order valence-electron chi connectivity index (χ4n) is 3.79. The van der Waals surface area contributed by atoms with Crippen molar-refractivity contribution in [2.24, 2.45) is 0 Å². The number of unbranched alkanes of at least 4 members (excludes halogenated alkanes) is 1. The van der Waals surface area contributed by atoms with E-state index < -0.39 is 28.3 Å². The molecule has 36 heavy (non-hydrogen) atoms. The molecule has 7 nitrogen and oxygen atoms in total. The molecule has 0 saturated heterocycles. The molecule has 1 amide bonds. The van der Waals surface area contributed by atoms with Crippen LogP contribution in [0.15, 0.2) is 95.9 Å². The zero-order valence-corrected chi connectivity index (χ0v) is 21.3. The first-order chi connectivity index (χ1) is 17.4. The van der Waals surface area contributed by atoms with Crippen molar-refractivity contribution < 1.29 is 23.1 Å². The van der Waals surface area contributed by atoms with Crippen LogP contribution < -0.4 is 5.32 Å². The van der Waals surface area contributed by atoms with Crippen molar-refractivity contribution in [2.45, 2.75) is 49.8 Å². The predicted octanol–water partition coefficient (Wildman–Crippen LogP) is 4.38. The van der Waals surface area contributed by atoms with Gasteiger partial charge in [0.25, 0.3) is 0 Å². The number of hydrogen-bond acceptors (Lipinski definition) is 5. The van der Waals surface area contributed by atoms with Crippen LogP contribution in [0.4, 0.5) is 4.79 Å². The van der Waals surface area contributed by atoms with Crippen LogP contribution in [0, 0.1) is 0 Å². The number of ether oxygens (including phenoxy) is 1. The smallest absolute Gasteiger partial charge is 0.407 e. The summed E-state index contributed by atoms with van der Waals surface area (Å²) in [5, 5.41) is 14.0. The van der Waals surface area contributed by atoms with E-state index in [2.05, 4.69) is 5.32 Å². The average molecular weight is 511 g/mol. The average Bonchev–Trinajstić information content (AvgIpc) is 2.91. The van der Waals surface area contributed by atoms with E-state index in [0.717, 1.165) is 17.5 Å². The summed E-state index contributed by atoms with van der Waals surface area (Å²) < 4.78 is 33.3. The Labute approximate surface area is 213 Å². The minimum atomic E-state index is -3.82. The lowest BCUT2D eigenvalue weighted by atomic mass is 10.0. The van der Waals surface area contributed by atoms with Gasteiger partial charge in [0.1, 0.15) is 6.61 Å². The molecule has 0 spiro atoms. The number of nitrogens with zero attached hydrogens (tertiary/aromatic N) is 1. The molecule has 3 rings (SSSR count). The largest absolute Gasteiger partial charge is 0.445 e.